The number of anilines is 2. The number of Topliss-reactive ketones (excluding diaryl/α,β-unsaturated/α-hetero) is 2. The van der Waals surface area contributed by atoms with E-state index < -0.39 is 15.8 Å². The number of nitrogens with zero attached hydrogens (tertiary/aromatic N) is 1. The Morgan fingerprint density at radius 1 is 1.10 bits per heavy atom. The average molecular weight is 473 g/mol. The Hall–Kier alpha value is -2.94. The first-order chi connectivity index (χ1) is 14.8. The number of benzene rings is 2. The lowest BCUT2D eigenvalue weighted by Crippen LogP contribution is -2.38. The fourth-order valence-corrected chi connectivity index (χ4v) is 5.77. The number of ketones is 2. The molecular formula is C22H17ClN2O4S2. The first-order valence-corrected chi connectivity index (χ1v) is 11.9. The molecule has 0 saturated carbocycles. The minimum atomic E-state index is -4.09. The Morgan fingerprint density at radius 2 is 1.77 bits per heavy atom. The summed E-state index contributed by atoms with van der Waals surface area (Å²) in [6.45, 7) is 1.53. The number of rotatable bonds is 5. The van der Waals surface area contributed by atoms with Crippen molar-refractivity contribution in [2.75, 3.05) is 9.62 Å². The molecule has 2 heterocycles. The molecule has 0 aliphatic carbocycles. The molecule has 0 bridgehead atoms. The second-order valence-corrected chi connectivity index (χ2v) is 10.1. The van der Waals surface area contributed by atoms with Crippen LogP contribution >= 0.6 is 22.9 Å². The Morgan fingerprint density at radius 3 is 2.42 bits per heavy atom. The summed E-state index contributed by atoms with van der Waals surface area (Å²) < 4.78 is 27.9. The molecule has 0 radical (unpaired) electrons. The van der Waals surface area contributed by atoms with Crippen LogP contribution in [0.3, 0.4) is 0 Å². The molecule has 1 aliphatic heterocycles. The maximum absolute atomic E-state index is 13.4. The third-order valence-corrected chi connectivity index (χ3v) is 7.73. The van der Waals surface area contributed by atoms with Crippen LogP contribution in [-0.4, -0.2) is 20.0 Å². The first kappa shape index (κ1) is 21.3. The minimum Gasteiger partial charge on any atom is -0.360 e. The van der Waals surface area contributed by atoms with Crippen LogP contribution in [0.4, 0.5) is 11.4 Å². The maximum Gasteiger partial charge on any atom is 0.270 e. The van der Waals surface area contributed by atoms with Crippen LogP contribution in [0.2, 0.25) is 5.02 Å². The van der Waals surface area contributed by atoms with Gasteiger partial charge in [-0.3, -0.25) is 13.9 Å². The number of fused-ring (bicyclic) bond motifs is 1. The molecular weight excluding hydrogens is 456 g/mol. The highest BCUT2D eigenvalue weighted by molar-refractivity contribution is 7.97. The van der Waals surface area contributed by atoms with E-state index in [4.69, 9.17) is 11.6 Å². The van der Waals surface area contributed by atoms with Gasteiger partial charge in [0.05, 0.1) is 12.2 Å². The van der Waals surface area contributed by atoms with Gasteiger partial charge in [0.15, 0.2) is 10.7 Å². The van der Waals surface area contributed by atoms with E-state index in [2.05, 4.69) is 5.32 Å². The molecule has 0 unspecified atom stereocenters. The molecule has 2 aromatic carbocycles. The SMILES string of the molecule is CC(=O)c1ccc(NC=C2C(=O)c3sccc3N(Cc3ccc(Cl)cc3)S2(=O)=O)cc1. The molecule has 3 aromatic rings. The van der Waals surface area contributed by atoms with Crippen LogP contribution < -0.4 is 9.62 Å². The largest absolute Gasteiger partial charge is 0.360 e. The van der Waals surface area contributed by atoms with Crippen LogP contribution in [0, 0.1) is 0 Å². The third kappa shape index (κ3) is 4.14. The zero-order valence-electron chi connectivity index (χ0n) is 16.3. The number of nitrogens with one attached hydrogen (secondary N) is 1. The third-order valence-electron chi connectivity index (χ3n) is 4.81. The van der Waals surface area contributed by atoms with E-state index in [1.54, 1.807) is 60.0 Å². The summed E-state index contributed by atoms with van der Waals surface area (Å²) in [7, 11) is -4.09. The zero-order valence-corrected chi connectivity index (χ0v) is 18.7. The number of carbonyl (C=O) groups is 2. The number of hydrogen-bond acceptors (Lipinski definition) is 6. The van der Waals surface area contributed by atoms with Crippen LogP contribution in [0.1, 0.15) is 32.5 Å². The Kier molecular flexibility index (Phi) is 5.70. The molecule has 1 N–H and O–H groups in total. The van der Waals surface area contributed by atoms with Crippen LogP contribution in [0.5, 0.6) is 0 Å². The summed E-state index contributed by atoms with van der Waals surface area (Å²) in [6, 6.07) is 15.1. The fraction of sp³-hybridized carbons (Fsp3) is 0.0909. The molecule has 1 aliphatic rings. The monoisotopic (exact) mass is 472 g/mol. The highest BCUT2D eigenvalue weighted by Gasteiger charge is 2.41. The van der Waals surface area contributed by atoms with Crippen molar-refractivity contribution in [3.63, 3.8) is 0 Å². The zero-order chi connectivity index (χ0) is 22.2. The Bertz CT molecular complexity index is 1290. The molecule has 4 rings (SSSR count). The van der Waals surface area contributed by atoms with Gasteiger partial charge in [-0.2, -0.15) is 0 Å². The Balaban J connectivity index is 1.69. The van der Waals surface area contributed by atoms with Gasteiger partial charge in [0.25, 0.3) is 10.0 Å². The summed E-state index contributed by atoms with van der Waals surface area (Å²) >= 11 is 7.13. The van der Waals surface area contributed by atoms with E-state index >= 15 is 0 Å². The lowest BCUT2D eigenvalue weighted by atomic mass is 10.1. The molecule has 158 valence electrons. The summed E-state index contributed by atoms with van der Waals surface area (Å²) in [4.78, 5) is 24.4. The number of halogens is 1. The normalized spacial score (nSPS) is 16.3. The second-order valence-electron chi connectivity index (χ2n) is 6.89. The van der Waals surface area contributed by atoms with Gasteiger partial charge in [-0.25, -0.2) is 8.42 Å². The van der Waals surface area contributed by atoms with Gasteiger partial charge in [-0.15, -0.1) is 11.3 Å². The van der Waals surface area contributed by atoms with Crippen molar-refractivity contribution in [2.45, 2.75) is 13.5 Å². The summed E-state index contributed by atoms with van der Waals surface area (Å²) in [5, 5.41) is 5.12. The first-order valence-electron chi connectivity index (χ1n) is 9.24. The van der Waals surface area contributed by atoms with E-state index in [9.17, 15) is 18.0 Å². The van der Waals surface area contributed by atoms with Crippen molar-refractivity contribution in [3.8, 4) is 0 Å². The standard InChI is InChI=1S/C22H17ClN2O4S2/c1-14(26)16-4-8-18(9-5-16)24-12-20-21(27)22-19(10-11-30-22)25(31(20,28)29)13-15-2-6-17(23)7-3-15/h2-12,24H,13H2,1H3. The molecule has 0 fully saturated rings. The van der Waals surface area contributed by atoms with Crippen molar-refractivity contribution in [2.24, 2.45) is 0 Å². The fourth-order valence-electron chi connectivity index (χ4n) is 3.16. The predicted octanol–water partition coefficient (Wildman–Crippen LogP) is 5.09. The molecule has 31 heavy (non-hydrogen) atoms. The van der Waals surface area contributed by atoms with E-state index in [1.807, 2.05) is 0 Å². The number of thiophene rings is 1. The number of carbonyl (C=O) groups excluding carboxylic acids is 2. The highest BCUT2D eigenvalue weighted by Crippen LogP contribution is 2.39. The topological polar surface area (TPSA) is 83.6 Å². The van der Waals surface area contributed by atoms with Crippen molar-refractivity contribution < 1.29 is 18.0 Å². The highest BCUT2D eigenvalue weighted by atomic mass is 35.5. The maximum atomic E-state index is 13.4. The van der Waals surface area contributed by atoms with E-state index in [0.717, 1.165) is 5.56 Å². The summed E-state index contributed by atoms with van der Waals surface area (Å²) in [5.41, 5.74) is 2.21. The summed E-state index contributed by atoms with van der Waals surface area (Å²) in [6.07, 6.45) is 1.21. The molecule has 0 amide bonds. The quantitative estimate of drug-likeness (QED) is 0.413. The summed E-state index contributed by atoms with van der Waals surface area (Å²) in [5.74, 6) is -0.622. The number of sulfonamides is 1. The van der Waals surface area contributed by atoms with Crippen LogP contribution in [0.25, 0.3) is 0 Å². The van der Waals surface area contributed by atoms with Gasteiger partial charge >= 0.3 is 0 Å². The molecule has 6 nitrogen and oxygen atoms in total. The Labute approximate surface area is 188 Å². The van der Waals surface area contributed by atoms with Crippen molar-refractivity contribution in [3.05, 3.63) is 92.1 Å². The lowest BCUT2D eigenvalue weighted by molar-refractivity contribution is 0.101. The molecule has 0 atom stereocenters. The van der Waals surface area contributed by atoms with Crippen molar-refractivity contribution in [1.29, 1.82) is 0 Å². The van der Waals surface area contributed by atoms with Gasteiger partial charge in [-0.1, -0.05) is 23.7 Å². The van der Waals surface area contributed by atoms with E-state index in [-0.39, 0.29) is 17.2 Å². The van der Waals surface area contributed by atoms with Crippen molar-refractivity contribution >= 4 is 55.9 Å². The van der Waals surface area contributed by atoms with E-state index in [0.29, 0.717) is 26.8 Å². The molecule has 9 heteroatoms. The average Bonchev–Trinajstić information content (AvgIpc) is 3.22. The van der Waals surface area contributed by atoms with Gasteiger partial charge in [0.2, 0.25) is 5.78 Å². The molecule has 0 spiro atoms. The van der Waals surface area contributed by atoms with Gasteiger partial charge in [0.1, 0.15) is 4.88 Å². The molecule has 0 saturated heterocycles. The number of allylic oxidation sites excluding steroid dienone is 1. The number of hydrogen-bond donors (Lipinski definition) is 1. The van der Waals surface area contributed by atoms with Crippen LogP contribution in [-0.2, 0) is 16.6 Å². The van der Waals surface area contributed by atoms with Crippen LogP contribution in [0.15, 0.2) is 71.1 Å². The smallest absolute Gasteiger partial charge is 0.270 e. The van der Waals surface area contributed by atoms with Gasteiger partial charge < -0.3 is 5.32 Å². The van der Waals surface area contributed by atoms with Gasteiger partial charge in [-0.05, 0) is 60.3 Å². The molecule has 1 aromatic heterocycles. The van der Waals surface area contributed by atoms with Gasteiger partial charge in [0, 0.05) is 22.5 Å². The van der Waals surface area contributed by atoms with E-state index in [1.165, 1.54) is 28.8 Å². The second kappa shape index (κ2) is 8.30. The minimum absolute atomic E-state index is 0.0706. The predicted molar refractivity (Wildman–Crippen MR) is 123 cm³/mol. The van der Waals surface area contributed by atoms with Crippen molar-refractivity contribution in [1.82, 2.24) is 0 Å². The lowest BCUT2D eigenvalue weighted by Gasteiger charge is -2.29.